The van der Waals surface area contributed by atoms with E-state index >= 15 is 0 Å². The molecule has 0 spiro atoms. The minimum atomic E-state index is -4.34. The summed E-state index contributed by atoms with van der Waals surface area (Å²) in [7, 11) is -4.34. The van der Waals surface area contributed by atoms with E-state index in [1.807, 2.05) is 22.6 Å². The van der Waals surface area contributed by atoms with E-state index in [1.165, 1.54) is 48.5 Å². The lowest BCUT2D eigenvalue weighted by atomic mass is 9.93. The molecular formula is C86H140FIN4O34S. The molecule has 41 heteroatoms. The van der Waals surface area contributed by atoms with Crippen LogP contribution in [-0.2, 0) is 154 Å². The van der Waals surface area contributed by atoms with Crippen molar-refractivity contribution in [1.82, 2.24) is 15.1 Å². The normalized spacial score (nSPS) is 13.0. The van der Waals surface area contributed by atoms with Gasteiger partial charge in [0.25, 0.3) is 5.91 Å². The number of rotatable bonds is 93. The van der Waals surface area contributed by atoms with Crippen LogP contribution in [0.25, 0.3) is 0 Å². The Morgan fingerprint density at radius 2 is 0.724 bits per heavy atom. The van der Waals surface area contributed by atoms with E-state index < -0.39 is 39.1 Å². The van der Waals surface area contributed by atoms with Crippen LogP contribution < -0.4 is 21.3 Å². The zero-order chi connectivity index (χ0) is 91.1. The van der Waals surface area contributed by atoms with Crippen molar-refractivity contribution < 1.29 is 166 Å². The number of ketones is 2. The topological polar surface area (TPSA) is 444 Å². The van der Waals surface area contributed by atoms with Crippen LogP contribution in [0.4, 0.5) is 4.39 Å². The van der Waals surface area contributed by atoms with Gasteiger partial charge in [-0.05, 0) is 115 Å². The summed E-state index contributed by atoms with van der Waals surface area (Å²) >= 11 is 2.01. The van der Waals surface area contributed by atoms with Crippen LogP contribution in [0.5, 0.6) is 17.2 Å². The second-order valence-electron chi connectivity index (χ2n) is 28.1. The van der Waals surface area contributed by atoms with E-state index in [9.17, 15) is 47.1 Å². The van der Waals surface area contributed by atoms with Crippen molar-refractivity contribution in [2.75, 3.05) is 330 Å². The molecule has 1 aliphatic rings. The number of nitrogens with one attached hydrogen (secondary N) is 2. The highest BCUT2D eigenvalue weighted by Gasteiger charge is 2.51. The average molecular weight is 1950 g/mol. The van der Waals surface area contributed by atoms with Crippen molar-refractivity contribution >= 4 is 61.9 Å². The molecule has 0 bridgehead atoms. The summed E-state index contributed by atoms with van der Waals surface area (Å²) in [6.07, 6.45) is 2.62. The molecule has 728 valence electrons. The number of carbonyl (C=O) groups excluding carboxylic acids is 5. The van der Waals surface area contributed by atoms with E-state index in [0.717, 1.165) is 9.87 Å². The first-order chi connectivity index (χ1) is 62.1. The Morgan fingerprint density at radius 1 is 0.409 bits per heavy atom. The molecule has 1 aliphatic carbocycles. The number of benzene rings is 3. The highest BCUT2D eigenvalue weighted by molar-refractivity contribution is 14.1. The zero-order valence-electron chi connectivity index (χ0n) is 73.7. The van der Waals surface area contributed by atoms with Gasteiger partial charge < -0.3 is 135 Å². The minimum Gasteiger partial charge on any atom is -0.507 e. The monoisotopic (exact) mass is 1950 g/mol. The molecule has 0 radical (unpaired) electrons. The molecule has 127 heavy (non-hydrogen) atoms. The van der Waals surface area contributed by atoms with Crippen molar-refractivity contribution in [3.63, 3.8) is 0 Å². The van der Waals surface area contributed by atoms with Crippen LogP contribution in [0.15, 0.2) is 71.6 Å². The number of amides is 3. The fraction of sp³-hybridized carbons (Fsp3) is 0.733. The number of Topliss-reactive ketones (excluding diaryl/α,β-unsaturated/α-hetero) is 2. The predicted octanol–water partition coefficient (Wildman–Crippen LogP) is 5.07. The molecule has 3 amide bonds. The number of nitrogens with two attached hydrogens (primary N) is 1. The maximum absolute atomic E-state index is 14.2. The number of nitrogens with zero attached hydrogens (tertiary/aromatic N) is 1. The first-order valence-corrected chi connectivity index (χ1v) is 46.1. The molecule has 1 fully saturated rings. The van der Waals surface area contributed by atoms with Gasteiger partial charge in [0, 0.05) is 57.7 Å². The standard InChI is InChI=1S/C86H140FIN4O34S/c87-75-6-8-78(9-7-75)126-79-10-12-80(13-11-79)127(100,101)92(86(85(98)91-99)18-1-2-19-86)21-15-76(93)4-3-22-102-26-30-106-34-38-110-42-46-114-50-54-118-58-62-122-66-67-124-64-60-120-56-52-116-48-44-112-40-36-108-32-28-104-24-17-83(96)90-20-25-105-29-33-109-37-41-113-45-49-117-53-57-121-61-65-125-69-68-123-63-59-119-55-51-115-47-43-111-39-35-107-31-27-103-23-16-77(94)72-74(84(89)97)70-73-5-14-82(95)81(88)71-73/h5-14,71,74,95,99H,1-4,15-70,72H2,(H2,89,97)(H,90,96)(H,91,98). The number of aromatic hydroxyl groups is 1. The third-order valence-electron chi connectivity index (χ3n) is 18.4. The van der Waals surface area contributed by atoms with E-state index in [4.69, 9.17) is 124 Å². The molecule has 0 saturated heterocycles. The number of halogens is 2. The molecule has 6 N–H and O–H groups in total. The predicted molar refractivity (Wildman–Crippen MR) is 466 cm³/mol. The van der Waals surface area contributed by atoms with E-state index in [1.54, 1.807) is 23.7 Å². The molecule has 0 heterocycles. The van der Waals surface area contributed by atoms with E-state index in [2.05, 4.69) is 5.32 Å². The maximum atomic E-state index is 14.2. The molecule has 0 aliphatic heterocycles. The van der Waals surface area contributed by atoms with Gasteiger partial charge in [0.05, 0.1) is 319 Å². The smallest absolute Gasteiger partial charge is 0.264 e. The minimum absolute atomic E-state index is 0.0353. The number of phenolic OH excluding ortho intramolecular Hbond substituents is 1. The molecule has 38 nitrogen and oxygen atoms in total. The van der Waals surface area contributed by atoms with Crippen molar-refractivity contribution in [1.29, 1.82) is 0 Å². The zero-order valence-corrected chi connectivity index (χ0v) is 76.7. The van der Waals surface area contributed by atoms with Crippen molar-refractivity contribution in [2.24, 2.45) is 11.7 Å². The van der Waals surface area contributed by atoms with Gasteiger partial charge >= 0.3 is 0 Å². The van der Waals surface area contributed by atoms with Gasteiger partial charge in [0.1, 0.15) is 40.2 Å². The SMILES string of the molecule is NC(=O)C(CC(=O)CCOCCOCCOCCOCCOCCOCCOCCOCCOCCOCCOCCOCCNC(=O)CCOCCOCCOCCOCCOCCOCCOCCOCCOCCOCCOCCOCCCC(=O)CCN(C1(C(=O)NO)CCCC1)S(=O)(=O)c1ccc(Oc2ccc(F)cc2)cc1)Cc1ccc(O)c(I)c1. The van der Waals surface area contributed by atoms with E-state index in [0.29, 0.717) is 351 Å². The molecule has 1 saturated carbocycles. The summed E-state index contributed by atoms with van der Waals surface area (Å²) in [5.74, 6) is -2.06. The van der Waals surface area contributed by atoms with E-state index in [-0.39, 0.29) is 92.8 Å². The summed E-state index contributed by atoms with van der Waals surface area (Å²) < 4.78 is 182. The molecular weight excluding hydrogens is 1810 g/mol. The number of hydroxylamine groups is 1. The van der Waals surface area contributed by atoms with Gasteiger partial charge in [0.15, 0.2) is 0 Å². The van der Waals surface area contributed by atoms with Gasteiger partial charge in [-0.1, -0.05) is 18.9 Å². The Morgan fingerprint density at radius 3 is 1.06 bits per heavy atom. The average Bonchev–Trinajstić information content (AvgIpc) is 1.57. The quantitative estimate of drug-likeness (QED) is 0.0213. The van der Waals surface area contributed by atoms with Crippen LogP contribution in [0.2, 0.25) is 0 Å². The number of ether oxygens (including phenoxy) is 25. The van der Waals surface area contributed by atoms with Gasteiger partial charge in [-0.3, -0.25) is 29.2 Å². The number of primary amides is 1. The van der Waals surface area contributed by atoms with Crippen LogP contribution in [0.3, 0.4) is 0 Å². The number of phenols is 1. The largest absolute Gasteiger partial charge is 0.507 e. The van der Waals surface area contributed by atoms with Crippen LogP contribution in [-0.4, -0.2) is 388 Å². The number of hydrogen-bond donors (Lipinski definition) is 5. The van der Waals surface area contributed by atoms with Crippen LogP contribution in [0.1, 0.15) is 69.8 Å². The fourth-order valence-electron chi connectivity index (χ4n) is 11.7. The lowest BCUT2D eigenvalue weighted by Gasteiger charge is -2.38. The second kappa shape index (κ2) is 79.2. The summed E-state index contributed by atoms with van der Waals surface area (Å²) in [6, 6.07) is 16.0. The molecule has 0 aromatic heterocycles. The summed E-state index contributed by atoms with van der Waals surface area (Å²) in [6.45, 7) is 19.6. The highest BCUT2D eigenvalue weighted by atomic mass is 127. The summed E-state index contributed by atoms with van der Waals surface area (Å²) in [4.78, 5) is 62.5. The molecule has 4 rings (SSSR count). The Labute approximate surface area is 760 Å². The number of hydrogen-bond acceptors (Lipinski definition) is 34. The molecule has 3 aromatic rings. The lowest BCUT2D eigenvalue weighted by molar-refractivity contribution is -0.139. The Kier molecular flexibility index (Phi) is 71.0. The summed E-state index contributed by atoms with van der Waals surface area (Å²) in [5.41, 5.74) is 6.44. The molecule has 1 atom stereocenters. The van der Waals surface area contributed by atoms with Gasteiger partial charge in [0.2, 0.25) is 21.8 Å². The Bertz CT molecular complexity index is 3310. The maximum Gasteiger partial charge on any atom is 0.264 e. The van der Waals surface area contributed by atoms with Gasteiger partial charge in [-0.15, -0.1) is 0 Å². The first-order valence-electron chi connectivity index (χ1n) is 43.6. The summed E-state index contributed by atoms with van der Waals surface area (Å²) in [5, 5.41) is 22.2. The Hall–Kier alpha value is -5.42. The van der Waals surface area contributed by atoms with Crippen molar-refractivity contribution in [2.45, 2.75) is 81.1 Å². The van der Waals surface area contributed by atoms with Gasteiger partial charge in [-0.25, -0.2) is 18.3 Å². The van der Waals surface area contributed by atoms with Gasteiger partial charge in [-0.2, -0.15) is 4.31 Å². The third-order valence-corrected chi connectivity index (χ3v) is 21.2. The number of sulfonamides is 1. The molecule has 1 unspecified atom stereocenters. The fourth-order valence-corrected chi connectivity index (χ4v) is 14.1. The van der Waals surface area contributed by atoms with Crippen LogP contribution >= 0.6 is 22.6 Å². The number of carbonyl (C=O) groups is 5. The second-order valence-corrected chi connectivity index (χ2v) is 31.1. The highest BCUT2D eigenvalue weighted by Crippen LogP contribution is 2.40. The molecule has 3 aromatic carbocycles. The third kappa shape index (κ3) is 60.4. The van der Waals surface area contributed by atoms with Crippen molar-refractivity contribution in [3.8, 4) is 17.2 Å². The first kappa shape index (κ1) is 114. The lowest BCUT2D eigenvalue weighted by Crippen LogP contribution is -2.59. The Balaban J connectivity index is 0.736. The van der Waals surface area contributed by atoms with Crippen molar-refractivity contribution in [3.05, 3.63) is 81.7 Å². The van der Waals surface area contributed by atoms with Crippen LogP contribution in [0, 0.1) is 15.3 Å².